The van der Waals surface area contributed by atoms with Crippen LogP contribution in [0.1, 0.15) is 35.8 Å². The number of nitrogens with one attached hydrogen (secondary N) is 1. The number of aromatic carboxylic acids is 1. The number of ether oxygens (including phenoxy) is 1. The lowest BCUT2D eigenvalue weighted by Gasteiger charge is -2.04. The summed E-state index contributed by atoms with van der Waals surface area (Å²) in [5.41, 5.74) is -0.0501. The fourth-order valence-corrected chi connectivity index (χ4v) is 2.96. The highest BCUT2D eigenvalue weighted by molar-refractivity contribution is 7.89. The van der Waals surface area contributed by atoms with E-state index >= 15 is 0 Å². The van der Waals surface area contributed by atoms with E-state index in [1.807, 2.05) is 0 Å². The van der Waals surface area contributed by atoms with Crippen molar-refractivity contribution in [2.45, 2.75) is 30.2 Å². The zero-order valence-electron chi connectivity index (χ0n) is 11.4. The first-order valence-corrected chi connectivity index (χ1v) is 7.85. The van der Waals surface area contributed by atoms with Gasteiger partial charge >= 0.3 is 11.9 Å². The number of esters is 1. The van der Waals surface area contributed by atoms with Gasteiger partial charge < -0.3 is 14.4 Å². The van der Waals surface area contributed by atoms with Crippen molar-refractivity contribution in [2.24, 2.45) is 0 Å². The molecular formula is C12H16N2O6S. The summed E-state index contributed by atoms with van der Waals surface area (Å²) in [6.45, 7) is -0.105. The standard InChI is InChI=1S/C12H16N2O6S/c1-20-11(15)4-5-13-21(18,19)9-6-10(12(16)17)14(7-9)8-2-3-8/h6-8,13H,2-5H2,1H3,(H,16,17). The van der Waals surface area contributed by atoms with Gasteiger partial charge in [-0.15, -0.1) is 0 Å². The van der Waals surface area contributed by atoms with Gasteiger partial charge in [0.25, 0.3) is 0 Å². The monoisotopic (exact) mass is 316 g/mol. The maximum atomic E-state index is 12.1. The van der Waals surface area contributed by atoms with E-state index in [9.17, 15) is 18.0 Å². The summed E-state index contributed by atoms with van der Waals surface area (Å²) in [7, 11) is -2.63. The van der Waals surface area contributed by atoms with Crippen LogP contribution in [0.5, 0.6) is 0 Å². The molecule has 1 heterocycles. The molecule has 0 unspecified atom stereocenters. The summed E-state index contributed by atoms with van der Waals surface area (Å²) in [6, 6.07) is 1.18. The Labute approximate surface area is 121 Å². The molecular weight excluding hydrogens is 300 g/mol. The number of sulfonamides is 1. The first kappa shape index (κ1) is 15.5. The van der Waals surface area contributed by atoms with Gasteiger partial charge in [0.05, 0.1) is 13.5 Å². The van der Waals surface area contributed by atoms with E-state index in [4.69, 9.17) is 5.11 Å². The number of carbonyl (C=O) groups is 2. The highest BCUT2D eigenvalue weighted by Gasteiger charge is 2.30. The number of carboxylic acids is 1. The molecule has 8 nitrogen and oxygen atoms in total. The molecule has 1 saturated carbocycles. The van der Waals surface area contributed by atoms with Crippen LogP contribution < -0.4 is 4.72 Å². The molecule has 1 fully saturated rings. The molecule has 2 rings (SSSR count). The van der Waals surface area contributed by atoms with Gasteiger partial charge in [-0.3, -0.25) is 4.79 Å². The predicted octanol–water partition coefficient (Wildman–Crippen LogP) is 0.363. The van der Waals surface area contributed by atoms with Crippen molar-refractivity contribution in [1.29, 1.82) is 0 Å². The Morgan fingerprint density at radius 1 is 1.48 bits per heavy atom. The second-order valence-electron chi connectivity index (χ2n) is 4.73. The van der Waals surface area contributed by atoms with E-state index in [-0.39, 0.29) is 29.6 Å². The molecule has 1 aromatic heterocycles. The van der Waals surface area contributed by atoms with Crippen molar-refractivity contribution in [3.63, 3.8) is 0 Å². The Hall–Kier alpha value is -1.87. The summed E-state index contributed by atoms with van der Waals surface area (Å²) in [6.07, 6.45) is 2.90. The minimum atomic E-state index is -3.85. The fraction of sp³-hybridized carbons (Fsp3) is 0.500. The van der Waals surface area contributed by atoms with Crippen molar-refractivity contribution >= 4 is 22.0 Å². The van der Waals surface area contributed by atoms with Gasteiger partial charge in [0.2, 0.25) is 10.0 Å². The van der Waals surface area contributed by atoms with Crippen molar-refractivity contribution in [1.82, 2.24) is 9.29 Å². The predicted molar refractivity (Wildman–Crippen MR) is 71.5 cm³/mol. The maximum absolute atomic E-state index is 12.1. The molecule has 21 heavy (non-hydrogen) atoms. The smallest absolute Gasteiger partial charge is 0.352 e. The van der Waals surface area contributed by atoms with Crippen molar-refractivity contribution < 1.29 is 27.9 Å². The van der Waals surface area contributed by atoms with E-state index in [2.05, 4.69) is 9.46 Å². The minimum Gasteiger partial charge on any atom is -0.477 e. The lowest BCUT2D eigenvalue weighted by atomic mass is 10.4. The molecule has 2 N–H and O–H groups in total. The van der Waals surface area contributed by atoms with E-state index < -0.39 is 22.0 Å². The minimum absolute atomic E-state index is 0.0501. The van der Waals surface area contributed by atoms with Crippen molar-refractivity contribution in [3.05, 3.63) is 18.0 Å². The zero-order chi connectivity index (χ0) is 15.6. The number of hydrogen-bond acceptors (Lipinski definition) is 5. The molecule has 0 spiro atoms. The Balaban J connectivity index is 2.14. The molecule has 0 radical (unpaired) electrons. The first-order chi connectivity index (χ1) is 9.85. The molecule has 0 aliphatic heterocycles. The van der Waals surface area contributed by atoms with Crippen LogP contribution >= 0.6 is 0 Å². The fourth-order valence-electron chi connectivity index (χ4n) is 1.90. The number of carbonyl (C=O) groups excluding carboxylic acids is 1. The van der Waals surface area contributed by atoms with Crippen LogP contribution in [0.4, 0.5) is 0 Å². The highest BCUT2D eigenvalue weighted by atomic mass is 32.2. The third-order valence-electron chi connectivity index (χ3n) is 3.14. The summed E-state index contributed by atoms with van der Waals surface area (Å²) in [4.78, 5) is 22.0. The highest BCUT2D eigenvalue weighted by Crippen LogP contribution is 2.37. The molecule has 9 heteroatoms. The van der Waals surface area contributed by atoms with Crippen LogP contribution in [-0.2, 0) is 19.6 Å². The third kappa shape index (κ3) is 3.61. The van der Waals surface area contributed by atoms with E-state index in [1.54, 1.807) is 0 Å². The van der Waals surface area contributed by atoms with Gasteiger partial charge in [-0.2, -0.15) is 0 Å². The molecule has 1 aliphatic rings. The van der Waals surface area contributed by atoms with Crippen LogP contribution in [0.15, 0.2) is 17.2 Å². The average molecular weight is 316 g/mol. The maximum Gasteiger partial charge on any atom is 0.352 e. The first-order valence-electron chi connectivity index (χ1n) is 6.37. The topological polar surface area (TPSA) is 115 Å². The number of methoxy groups -OCH3 is 1. The Morgan fingerprint density at radius 2 is 2.14 bits per heavy atom. The molecule has 0 saturated heterocycles. The largest absolute Gasteiger partial charge is 0.477 e. The second kappa shape index (κ2) is 5.86. The molecule has 116 valence electrons. The van der Waals surface area contributed by atoms with Gasteiger partial charge in [0.15, 0.2) is 0 Å². The zero-order valence-corrected chi connectivity index (χ0v) is 12.2. The Kier molecular flexibility index (Phi) is 4.33. The number of rotatable bonds is 7. The lowest BCUT2D eigenvalue weighted by molar-refractivity contribution is -0.140. The van der Waals surface area contributed by atoms with Crippen LogP contribution in [0.25, 0.3) is 0 Å². The number of carboxylic acid groups (broad SMARTS) is 1. The van der Waals surface area contributed by atoms with E-state index in [1.165, 1.54) is 17.9 Å². The van der Waals surface area contributed by atoms with Crippen molar-refractivity contribution in [3.8, 4) is 0 Å². The van der Waals surface area contributed by atoms with Crippen LogP contribution in [0.3, 0.4) is 0 Å². The second-order valence-corrected chi connectivity index (χ2v) is 6.50. The summed E-state index contributed by atoms with van der Waals surface area (Å²) in [5.74, 6) is -1.70. The van der Waals surface area contributed by atoms with Gasteiger partial charge in [-0.05, 0) is 18.9 Å². The SMILES string of the molecule is COC(=O)CCNS(=O)(=O)c1cc(C(=O)O)n(C2CC2)c1. The van der Waals surface area contributed by atoms with Crippen LogP contribution in [0.2, 0.25) is 0 Å². The summed E-state index contributed by atoms with van der Waals surface area (Å²) < 4.78 is 32.3. The average Bonchev–Trinajstić information content (AvgIpc) is 3.15. The van der Waals surface area contributed by atoms with Crippen molar-refractivity contribution in [2.75, 3.05) is 13.7 Å². The number of nitrogens with zero attached hydrogens (tertiary/aromatic N) is 1. The Morgan fingerprint density at radius 3 is 2.67 bits per heavy atom. The normalized spacial score (nSPS) is 14.9. The molecule has 1 aromatic rings. The quantitative estimate of drug-likeness (QED) is 0.702. The molecule has 0 bridgehead atoms. The lowest BCUT2D eigenvalue weighted by Crippen LogP contribution is -2.26. The van der Waals surface area contributed by atoms with E-state index in [0.29, 0.717) is 0 Å². The number of hydrogen-bond donors (Lipinski definition) is 2. The molecule has 1 aliphatic carbocycles. The van der Waals surface area contributed by atoms with E-state index in [0.717, 1.165) is 18.9 Å². The van der Waals surface area contributed by atoms with Gasteiger partial charge in [0, 0.05) is 18.8 Å². The summed E-state index contributed by atoms with van der Waals surface area (Å²) in [5, 5.41) is 9.10. The van der Waals surface area contributed by atoms with Gasteiger partial charge in [-0.1, -0.05) is 0 Å². The summed E-state index contributed by atoms with van der Waals surface area (Å²) >= 11 is 0. The number of aromatic nitrogens is 1. The van der Waals surface area contributed by atoms with Crippen LogP contribution in [0, 0.1) is 0 Å². The third-order valence-corrected chi connectivity index (χ3v) is 4.57. The Bertz CT molecular complexity index is 659. The van der Waals surface area contributed by atoms with Gasteiger partial charge in [-0.25, -0.2) is 17.9 Å². The molecule has 0 atom stereocenters. The van der Waals surface area contributed by atoms with Crippen LogP contribution in [-0.4, -0.2) is 43.7 Å². The molecule has 0 amide bonds. The van der Waals surface area contributed by atoms with Gasteiger partial charge in [0.1, 0.15) is 10.6 Å². The molecule has 0 aromatic carbocycles.